The van der Waals surface area contributed by atoms with Gasteiger partial charge in [0.05, 0.1) is 0 Å². The molecule has 0 spiro atoms. The van der Waals surface area contributed by atoms with Crippen molar-refractivity contribution in [1.29, 1.82) is 0 Å². The third-order valence-corrected chi connectivity index (χ3v) is 7.32. The summed E-state index contributed by atoms with van der Waals surface area (Å²) in [5.74, 6) is 0.0824. The van der Waals surface area contributed by atoms with E-state index in [4.69, 9.17) is 27.9 Å². The summed E-state index contributed by atoms with van der Waals surface area (Å²) in [5.41, 5.74) is 1.74. The van der Waals surface area contributed by atoms with Crippen LogP contribution in [-0.2, 0) is 22.6 Å². The fraction of sp³-hybridized carbons (Fsp3) is 0.333. The van der Waals surface area contributed by atoms with Crippen molar-refractivity contribution in [3.05, 3.63) is 100 Å². The minimum absolute atomic E-state index is 0.127. The fourth-order valence-electron chi connectivity index (χ4n) is 4.67. The van der Waals surface area contributed by atoms with Crippen molar-refractivity contribution < 1.29 is 14.3 Å². The van der Waals surface area contributed by atoms with Crippen molar-refractivity contribution in [3.8, 4) is 5.75 Å². The minimum Gasteiger partial charge on any atom is -0.484 e. The Labute approximate surface area is 228 Å². The summed E-state index contributed by atoms with van der Waals surface area (Å²) >= 11 is 12.5. The number of amides is 2. The Morgan fingerprint density at radius 3 is 2.27 bits per heavy atom. The lowest BCUT2D eigenvalue weighted by Crippen LogP contribution is -2.53. The highest BCUT2D eigenvalue weighted by Crippen LogP contribution is 2.23. The number of nitrogens with one attached hydrogen (secondary N) is 1. The Balaban J connectivity index is 1.61. The molecule has 1 fully saturated rings. The molecule has 3 aromatic rings. The maximum absolute atomic E-state index is 13.8. The summed E-state index contributed by atoms with van der Waals surface area (Å²) in [6.07, 6.45) is 5.70. The van der Waals surface area contributed by atoms with Crippen LogP contribution < -0.4 is 10.1 Å². The molecule has 0 bridgehead atoms. The Hall–Kier alpha value is -3.02. The van der Waals surface area contributed by atoms with Crippen LogP contribution in [0.15, 0.2) is 78.9 Å². The van der Waals surface area contributed by atoms with E-state index in [1.54, 1.807) is 35.2 Å². The normalized spacial score (nSPS) is 14.5. The number of carbonyl (C=O) groups is 2. The van der Waals surface area contributed by atoms with Gasteiger partial charge in [0, 0.05) is 29.1 Å². The molecular weight excluding hydrogens is 507 g/mol. The standard InChI is InChI=1S/C30H32Cl2N2O3/c31-24-15-17-26(18-16-24)37-21-29(35)34(20-23-11-7-8-14-27(23)32)28(19-22-9-3-1-4-10-22)30(36)33-25-12-5-2-6-13-25/h1,3-4,7-11,14-18,25,28H,2,5-6,12-13,19-21H2,(H,33,36)/t28-/m0/s1. The Morgan fingerprint density at radius 1 is 0.892 bits per heavy atom. The van der Waals surface area contributed by atoms with E-state index < -0.39 is 6.04 Å². The summed E-state index contributed by atoms with van der Waals surface area (Å²) in [4.78, 5) is 29.0. The zero-order valence-corrected chi connectivity index (χ0v) is 22.3. The van der Waals surface area contributed by atoms with Crippen LogP contribution in [0.3, 0.4) is 0 Å². The molecule has 0 aromatic heterocycles. The van der Waals surface area contributed by atoms with Gasteiger partial charge in [-0.1, -0.05) is 91.0 Å². The van der Waals surface area contributed by atoms with Crippen molar-refractivity contribution >= 4 is 35.0 Å². The maximum Gasteiger partial charge on any atom is 0.261 e. The molecule has 1 aliphatic carbocycles. The lowest BCUT2D eigenvalue weighted by molar-refractivity contribution is -0.143. The van der Waals surface area contributed by atoms with Crippen LogP contribution in [0.5, 0.6) is 5.75 Å². The van der Waals surface area contributed by atoms with Crippen LogP contribution in [-0.4, -0.2) is 35.4 Å². The zero-order valence-electron chi connectivity index (χ0n) is 20.7. The second-order valence-corrected chi connectivity index (χ2v) is 10.2. The number of halogens is 2. The van der Waals surface area contributed by atoms with Crippen molar-refractivity contribution in [1.82, 2.24) is 10.2 Å². The van der Waals surface area contributed by atoms with Crippen molar-refractivity contribution in [2.45, 2.75) is 57.2 Å². The first kappa shape index (κ1) is 27.0. The third-order valence-electron chi connectivity index (χ3n) is 6.70. The first-order valence-electron chi connectivity index (χ1n) is 12.7. The smallest absolute Gasteiger partial charge is 0.261 e. The molecule has 5 nitrogen and oxygen atoms in total. The van der Waals surface area contributed by atoms with Crippen LogP contribution >= 0.6 is 23.2 Å². The summed E-state index contributed by atoms with van der Waals surface area (Å²) in [6.45, 7) is -0.0217. The number of carbonyl (C=O) groups excluding carboxylic acids is 2. The zero-order chi connectivity index (χ0) is 26.0. The summed E-state index contributed by atoms with van der Waals surface area (Å²) in [5, 5.41) is 4.36. The fourth-order valence-corrected chi connectivity index (χ4v) is 4.99. The molecule has 3 aromatic carbocycles. The Kier molecular flexibility index (Phi) is 9.86. The van der Waals surface area contributed by atoms with Gasteiger partial charge in [0.25, 0.3) is 5.91 Å². The first-order chi connectivity index (χ1) is 18.0. The maximum atomic E-state index is 13.8. The molecule has 1 atom stereocenters. The van der Waals surface area contributed by atoms with Crippen LogP contribution in [0.4, 0.5) is 0 Å². The Bertz CT molecular complexity index is 1160. The average Bonchev–Trinajstić information content (AvgIpc) is 2.92. The quantitative estimate of drug-likeness (QED) is 0.322. The Morgan fingerprint density at radius 2 is 1.57 bits per heavy atom. The average molecular weight is 540 g/mol. The van der Waals surface area contributed by atoms with E-state index in [1.165, 1.54) is 6.42 Å². The minimum atomic E-state index is -0.720. The van der Waals surface area contributed by atoms with E-state index >= 15 is 0 Å². The summed E-state index contributed by atoms with van der Waals surface area (Å²) in [7, 11) is 0. The lowest BCUT2D eigenvalue weighted by Gasteiger charge is -2.33. The van der Waals surface area contributed by atoms with Gasteiger partial charge in [-0.3, -0.25) is 9.59 Å². The SMILES string of the molecule is O=C(NC1CCCCC1)[C@H](Cc1ccccc1)N(Cc1ccccc1Cl)C(=O)COc1ccc(Cl)cc1. The molecule has 0 radical (unpaired) electrons. The highest BCUT2D eigenvalue weighted by molar-refractivity contribution is 6.31. The van der Waals surface area contributed by atoms with E-state index in [1.807, 2.05) is 48.5 Å². The van der Waals surface area contributed by atoms with E-state index in [2.05, 4.69) is 5.32 Å². The number of nitrogens with zero attached hydrogens (tertiary/aromatic N) is 1. The van der Waals surface area contributed by atoms with E-state index in [0.717, 1.165) is 36.8 Å². The van der Waals surface area contributed by atoms with Gasteiger partial charge in [-0.05, 0) is 54.3 Å². The summed E-state index contributed by atoms with van der Waals surface area (Å²) in [6, 6.07) is 23.4. The van der Waals surface area contributed by atoms with Crippen LogP contribution in [0.1, 0.15) is 43.2 Å². The molecule has 0 saturated heterocycles. The van der Waals surface area contributed by atoms with Gasteiger partial charge in [-0.25, -0.2) is 0 Å². The van der Waals surface area contributed by atoms with Gasteiger partial charge in [0.1, 0.15) is 11.8 Å². The molecule has 194 valence electrons. The van der Waals surface area contributed by atoms with Crippen molar-refractivity contribution in [3.63, 3.8) is 0 Å². The van der Waals surface area contributed by atoms with Crippen molar-refractivity contribution in [2.75, 3.05) is 6.61 Å². The molecule has 1 N–H and O–H groups in total. The molecule has 1 saturated carbocycles. The molecule has 37 heavy (non-hydrogen) atoms. The van der Waals surface area contributed by atoms with E-state index in [-0.39, 0.29) is 31.0 Å². The van der Waals surface area contributed by atoms with E-state index in [9.17, 15) is 9.59 Å². The third kappa shape index (κ3) is 7.98. The molecule has 2 amide bonds. The largest absolute Gasteiger partial charge is 0.484 e. The monoisotopic (exact) mass is 538 g/mol. The van der Waals surface area contributed by atoms with Crippen LogP contribution in [0.2, 0.25) is 10.0 Å². The molecule has 0 unspecified atom stereocenters. The molecule has 0 aliphatic heterocycles. The second-order valence-electron chi connectivity index (χ2n) is 9.40. The highest BCUT2D eigenvalue weighted by atomic mass is 35.5. The molecular formula is C30H32Cl2N2O3. The predicted octanol–water partition coefficient (Wildman–Crippen LogP) is 6.46. The van der Waals surface area contributed by atoms with Crippen molar-refractivity contribution in [2.24, 2.45) is 0 Å². The number of hydrogen-bond donors (Lipinski definition) is 1. The predicted molar refractivity (Wildman–Crippen MR) is 148 cm³/mol. The van der Waals surface area contributed by atoms with Gasteiger partial charge in [-0.2, -0.15) is 0 Å². The molecule has 0 heterocycles. The van der Waals surface area contributed by atoms with Gasteiger partial charge >= 0.3 is 0 Å². The topological polar surface area (TPSA) is 58.6 Å². The van der Waals surface area contributed by atoms with Gasteiger partial charge in [0.2, 0.25) is 5.91 Å². The second kappa shape index (κ2) is 13.5. The van der Waals surface area contributed by atoms with Gasteiger partial charge in [0.15, 0.2) is 6.61 Å². The van der Waals surface area contributed by atoms with E-state index in [0.29, 0.717) is 22.2 Å². The highest BCUT2D eigenvalue weighted by Gasteiger charge is 2.32. The number of ether oxygens (including phenoxy) is 1. The first-order valence-corrected chi connectivity index (χ1v) is 13.5. The number of rotatable bonds is 10. The summed E-state index contributed by atoms with van der Waals surface area (Å²) < 4.78 is 5.79. The van der Waals surface area contributed by atoms with Gasteiger partial charge in [-0.15, -0.1) is 0 Å². The lowest BCUT2D eigenvalue weighted by atomic mass is 9.94. The molecule has 1 aliphatic rings. The van der Waals surface area contributed by atoms with Crippen LogP contribution in [0, 0.1) is 0 Å². The van der Waals surface area contributed by atoms with Crippen LogP contribution in [0.25, 0.3) is 0 Å². The van der Waals surface area contributed by atoms with Gasteiger partial charge < -0.3 is 15.0 Å². The molecule has 7 heteroatoms. The number of hydrogen-bond acceptors (Lipinski definition) is 3. The number of benzene rings is 3. The molecule has 4 rings (SSSR count).